The van der Waals surface area contributed by atoms with Gasteiger partial charge in [0.05, 0.1) is 13.2 Å². The standard InChI is InChI=1S/C16H17NO3/c1-12(14-10-6-7-11-15(14)19-2)17-16(18)20-13-8-4-3-5-9-13/h3-12H,1-2H3,(H,17,18). The number of rotatable bonds is 4. The molecule has 0 aromatic heterocycles. The van der Waals surface area contributed by atoms with Gasteiger partial charge in [0.15, 0.2) is 0 Å². The van der Waals surface area contributed by atoms with Crippen molar-refractivity contribution in [1.82, 2.24) is 5.32 Å². The van der Waals surface area contributed by atoms with E-state index in [1.165, 1.54) is 0 Å². The number of hydrogen-bond acceptors (Lipinski definition) is 3. The van der Waals surface area contributed by atoms with Gasteiger partial charge in [-0.3, -0.25) is 0 Å². The fourth-order valence-electron chi connectivity index (χ4n) is 1.90. The third-order valence-electron chi connectivity index (χ3n) is 2.89. The fraction of sp³-hybridized carbons (Fsp3) is 0.188. The summed E-state index contributed by atoms with van der Waals surface area (Å²) in [5, 5.41) is 2.78. The van der Waals surface area contributed by atoms with E-state index in [1.54, 1.807) is 19.2 Å². The minimum Gasteiger partial charge on any atom is -0.496 e. The summed E-state index contributed by atoms with van der Waals surface area (Å²) in [6.45, 7) is 1.88. The van der Waals surface area contributed by atoms with Gasteiger partial charge in [0.1, 0.15) is 11.5 Å². The Balaban J connectivity index is 2.00. The number of ether oxygens (including phenoxy) is 2. The van der Waals surface area contributed by atoms with Gasteiger partial charge in [-0.15, -0.1) is 0 Å². The highest BCUT2D eigenvalue weighted by molar-refractivity contribution is 5.71. The number of hydrogen-bond donors (Lipinski definition) is 1. The molecule has 0 aliphatic heterocycles. The number of methoxy groups -OCH3 is 1. The van der Waals surface area contributed by atoms with E-state index in [0.717, 1.165) is 11.3 Å². The van der Waals surface area contributed by atoms with E-state index in [2.05, 4.69) is 5.32 Å². The highest BCUT2D eigenvalue weighted by atomic mass is 16.6. The van der Waals surface area contributed by atoms with E-state index >= 15 is 0 Å². The van der Waals surface area contributed by atoms with Crippen LogP contribution in [-0.4, -0.2) is 13.2 Å². The molecular weight excluding hydrogens is 254 g/mol. The van der Waals surface area contributed by atoms with Crippen LogP contribution in [0.1, 0.15) is 18.5 Å². The van der Waals surface area contributed by atoms with Gasteiger partial charge in [0.25, 0.3) is 0 Å². The van der Waals surface area contributed by atoms with Crippen molar-refractivity contribution < 1.29 is 14.3 Å². The second kappa shape index (κ2) is 6.61. The van der Waals surface area contributed by atoms with Gasteiger partial charge in [0, 0.05) is 5.56 Å². The Morgan fingerprint density at radius 3 is 2.40 bits per heavy atom. The summed E-state index contributed by atoms with van der Waals surface area (Å²) in [5.41, 5.74) is 0.903. The van der Waals surface area contributed by atoms with Crippen molar-refractivity contribution in [3.63, 3.8) is 0 Å². The van der Waals surface area contributed by atoms with Crippen LogP contribution in [0.5, 0.6) is 11.5 Å². The molecule has 2 rings (SSSR count). The zero-order valence-electron chi connectivity index (χ0n) is 11.5. The Kier molecular flexibility index (Phi) is 4.60. The molecule has 1 N–H and O–H groups in total. The minimum absolute atomic E-state index is 0.206. The predicted molar refractivity (Wildman–Crippen MR) is 77.0 cm³/mol. The number of benzene rings is 2. The Morgan fingerprint density at radius 1 is 1.05 bits per heavy atom. The first-order valence-electron chi connectivity index (χ1n) is 6.37. The van der Waals surface area contributed by atoms with Crippen LogP contribution in [0.4, 0.5) is 4.79 Å². The quantitative estimate of drug-likeness (QED) is 0.925. The lowest BCUT2D eigenvalue weighted by Gasteiger charge is -2.16. The average molecular weight is 271 g/mol. The average Bonchev–Trinajstić information content (AvgIpc) is 2.48. The highest BCUT2D eigenvalue weighted by Gasteiger charge is 2.14. The van der Waals surface area contributed by atoms with Gasteiger partial charge in [0.2, 0.25) is 0 Å². The summed E-state index contributed by atoms with van der Waals surface area (Å²) >= 11 is 0. The molecule has 0 saturated carbocycles. The lowest BCUT2D eigenvalue weighted by Crippen LogP contribution is -2.29. The molecule has 0 aliphatic rings. The monoisotopic (exact) mass is 271 g/mol. The summed E-state index contributed by atoms with van der Waals surface area (Å²) in [5.74, 6) is 1.25. The molecule has 0 bridgehead atoms. The zero-order valence-corrected chi connectivity index (χ0v) is 11.5. The summed E-state index contributed by atoms with van der Waals surface area (Å²) < 4.78 is 10.5. The molecule has 2 aromatic carbocycles. The highest BCUT2D eigenvalue weighted by Crippen LogP contribution is 2.24. The van der Waals surface area contributed by atoms with Crippen molar-refractivity contribution in [3.8, 4) is 11.5 Å². The van der Waals surface area contributed by atoms with E-state index < -0.39 is 6.09 Å². The molecule has 1 amide bonds. The summed E-state index contributed by atoms with van der Waals surface area (Å²) in [4.78, 5) is 11.8. The molecule has 0 aliphatic carbocycles. The smallest absolute Gasteiger partial charge is 0.413 e. The van der Waals surface area contributed by atoms with Crippen LogP contribution in [0.3, 0.4) is 0 Å². The van der Waals surface area contributed by atoms with Crippen molar-refractivity contribution in [2.45, 2.75) is 13.0 Å². The van der Waals surface area contributed by atoms with Gasteiger partial charge < -0.3 is 14.8 Å². The second-order valence-electron chi connectivity index (χ2n) is 4.31. The Bertz CT molecular complexity index is 569. The molecule has 0 spiro atoms. The molecule has 4 nitrogen and oxygen atoms in total. The van der Waals surface area contributed by atoms with Crippen LogP contribution in [0, 0.1) is 0 Å². The summed E-state index contributed by atoms with van der Waals surface area (Å²) in [6, 6.07) is 16.3. The van der Waals surface area contributed by atoms with Crippen molar-refractivity contribution in [2.75, 3.05) is 7.11 Å². The maximum Gasteiger partial charge on any atom is 0.413 e. The van der Waals surface area contributed by atoms with Gasteiger partial charge >= 0.3 is 6.09 Å². The largest absolute Gasteiger partial charge is 0.496 e. The Labute approximate surface area is 118 Å². The van der Waals surface area contributed by atoms with Crippen molar-refractivity contribution in [1.29, 1.82) is 0 Å². The molecule has 0 fully saturated rings. The number of para-hydroxylation sites is 2. The predicted octanol–water partition coefficient (Wildman–Crippen LogP) is 3.54. The fourth-order valence-corrected chi connectivity index (χ4v) is 1.90. The normalized spacial score (nSPS) is 11.5. The van der Waals surface area contributed by atoms with E-state index in [9.17, 15) is 4.79 Å². The number of nitrogens with one attached hydrogen (secondary N) is 1. The van der Waals surface area contributed by atoms with Crippen molar-refractivity contribution >= 4 is 6.09 Å². The van der Waals surface area contributed by atoms with E-state index in [0.29, 0.717) is 5.75 Å². The van der Waals surface area contributed by atoms with Gasteiger partial charge in [-0.05, 0) is 25.1 Å². The van der Waals surface area contributed by atoms with Crippen molar-refractivity contribution in [2.24, 2.45) is 0 Å². The van der Waals surface area contributed by atoms with E-state index in [-0.39, 0.29) is 6.04 Å². The zero-order chi connectivity index (χ0) is 14.4. The maximum absolute atomic E-state index is 11.8. The summed E-state index contributed by atoms with van der Waals surface area (Å²) in [6.07, 6.45) is -0.491. The molecule has 20 heavy (non-hydrogen) atoms. The summed E-state index contributed by atoms with van der Waals surface area (Å²) in [7, 11) is 1.61. The van der Waals surface area contributed by atoms with Crippen molar-refractivity contribution in [3.05, 3.63) is 60.2 Å². The van der Waals surface area contributed by atoms with Crippen LogP contribution in [-0.2, 0) is 0 Å². The molecule has 1 unspecified atom stereocenters. The molecule has 0 radical (unpaired) electrons. The first kappa shape index (κ1) is 13.9. The van der Waals surface area contributed by atoms with Crippen LogP contribution >= 0.6 is 0 Å². The van der Waals surface area contributed by atoms with Gasteiger partial charge in [-0.2, -0.15) is 0 Å². The Hall–Kier alpha value is -2.49. The minimum atomic E-state index is -0.491. The Morgan fingerprint density at radius 2 is 1.70 bits per heavy atom. The molecule has 2 aromatic rings. The second-order valence-corrected chi connectivity index (χ2v) is 4.31. The third-order valence-corrected chi connectivity index (χ3v) is 2.89. The van der Waals surface area contributed by atoms with Crippen LogP contribution in [0.2, 0.25) is 0 Å². The lowest BCUT2D eigenvalue weighted by molar-refractivity contribution is 0.197. The molecular formula is C16H17NO3. The SMILES string of the molecule is COc1ccccc1C(C)NC(=O)Oc1ccccc1. The first-order valence-corrected chi connectivity index (χ1v) is 6.37. The third kappa shape index (κ3) is 3.51. The molecule has 104 valence electrons. The molecule has 0 heterocycles. The number of carbonyl (C=O) groups is 1. The van der Waals surface area contributed by atoms with E-state index in [4.69, 9.17) is 9.47 Å². The maximum atomic E-state index is 11.8. The number of carbonyl (C=O) groups excluding carboxylic acids is 1. The molecule has 1 atom stereocenters. The molecule has 0 saturated heterocycles. The topological polar surface area (TPSA) is 47.6 Å². The van der Waals surface area contributed by atoms with Gasteiger partial charge in [-0.25, -0.2) is 4.79 Å². The van der Waals surface area contributed by atoms with Crippen LogP contribution in [0.25, 0.3) is 0 Å². The first-order chi connectivity index (χ1) is 9.70. The van der Waals surface area contributed by atoms with Gasteiger partial charge in [-0.1, -0.05) is 36.4 Å². The van der Waals surface area contributed by atoms with Crippen LogP contribution < -0.4 is 14.8 Å². The molecule has 4 heteroatoms. The van der Waals surface area contributed by atoms with E-state index in [1.807, 2.05) is 49.4 Å². The van der Waals surface area contributed by atoms with Crippen LogP contribution in [0.15, 0.2) is 54.6 Å². The lowest BCUT2D eigenvalue weighted by atomic mass is 10.1. The number of amides is 1.